The number of oxazole rings is 1. The van der Waals surface area contributed by atoms with E-state index in [0.29, 0.717) is 22.4 Å². The molecule has 0 saturated heterocycles. The maximum Gasteiger partial charge on any atom is 0.417 e. The molecule has 4 nitrogen and oxygen atoms in total. The molecular formula is C15H12F3N3O. The molecule has 0 aliphatic rings. The lowest BCUT2D eigenvalue weighted by molar-refractivity contribution is -0.137. The number of alkyl halides is 3. The third kappa shape index (κ3) is 2.34. The lowest BCUT2D eigenvalue weighted by Crippen LogP contribution is -2.08. The molecular weight excluding hydrogens is 295 g/mol. The van der Waals surface area contributed by atoms with Gasteiger partial charge in [-0.3, -0.25) is 0 Å². The maximum absolute atomic E-state index is 13.2. The number of hydrogen-bond acceptors (Lipinski definition) is 4. The van der Waals surface area contributed by atoms with E-state index in [0.717, 1.165) is 6.07 Å². The summed E-state index contributed by atoms with van der Waals surface area (Å²) in [6, 6.07) is 6.72. The Balaban J connectivity index is 2.26. The largest absolute Gasteiger partial charge is 0.436 e. The molecule has 0 radical (unpaired) electrons. The molecule has 3 aromatic rings. The fraction of sp³-hybridized carbons (Fsp3) is 0.133. The molecule has 0 saturated carbocycles. The summed E-state index contributed by atoms with van der Waals surface area (Å²) in [5.41, 5.74) is 12.1. The first-order chi connectivity index (χ1) is 10.3. The van der Waals surface area contributed by atoms with Gasteiger partial charge in [0.15, 0.2) is 5.58 Å². The van der Waals surface area contributed by atoms with Gasteiger partial charge in [-0.2, -0.15) is 13.2 Å². The van der Waals surface area contributed by atoms with E-state index >= 15 is 0 Å². The second kappa shape index (κ2) is 4.66. The van der Waals surface area contributed by atoms with Crippen molar-refractivity contribution in [1.82, 2.24) is 4.98 Å². The monoisotopic (exact) mass is 307 g/mol. The van der Waals surface area contributed by atoms with Crippen LogP contribution in [0.3, 0.4) is 0 Å². The minimum Gasteiger partial charge on any atom is -0.436 e. The molecule has 0 aliphatic carbocycles. The van der Waals surface area contributed by atoms with E-state index in [1.807, 2.05) is 0 Å². The highest BCUT2D eigenvalue weighted by molar-refractivity contribution is 5.83. The van der Waals surface area contributed by atoms with E-state index < -0.39 is 11.7 Å². The summed E-state index contributed by atoms with van der Waals surface area (Å²) in [4.78, 5) is 4.12. The molecule has 0 bridgehead atoms. The molecule has 22 heavy (non-hydrogen) atoms. The predicted octanol–water partition coefficient (Wildman–Crippen LogP) is 3.99. The highest BCUT2D eigenvalue weighted by atomic mass is 19.4. The molecule has 0 fully saturated rings. The quantitative estimate of drug-likeness (QED) is 0.666. The van der Waals surface area contributed by atoms with Crippen molar-refractivity contribution in [2.24, 2.45) is 0 Å². The first-order valence-corrected chi connectivity index (χ1v) is 6.39. The summed E-state index contributed by atoms with van der Waals surface area (Å²) in [6.45, 7) is 1.75. The molecule has 1 aromatic heterocycles. The van der Waals surface area contributed by atoms with Gasteiger partial charge in [0.25, 0.3) is 0 Å². The lowest BCUT2D eigenvalue weighted by Gasteiger charge is -2.11. The number of nitrogens with zero attached hydrogens (tertiary/aromatic N) is 1. The van der Waals surface area contributed by atoms with Crippen molar-refractivity contribution in [3.63, 3.8) is 0 Å². The molecule has 0 unspecified atom stereocenters. The average Bonchev–Trinajstić information content (AvgIpc) is 2.81. The van der Waals surface area contributed by atoms with Crippen LogP contribution in [0.25, 0.3) is 22.6 Å². The Morgan fingerprint density at radius 1 is 1.05 bits per heavy atom. The van der Waals surface area contributed by atoms with Crippen molar-refractivity contribution in [3.8, 4) is 11.5 Å². The van der Waals surface area contributed by atoms with E-state index in [9.17, 15) is 13.2 Å². The Kier molecular flexibility index (Phi) is 3.01. The second-order valence-electron chi connectivity index (χ2n) is 5.01. The molecule has 0 atom stereocenters. The van der Waals surface area contributed by atoms with Crippen molar-refractivity contribution < 1.29 is 17.6 Å². The van der Waals surface area contributed by atoms with Gasteiger partial charge >= 0.3 is 6.18 Å². The number of nitrogens with two attached hydrogens (primary N) is 2. The van der Waals surface area contributed by atoms with Crippen LogP contribution in [-0.2, 0) is 6.18 Å². The smallest absolute Gasteiger partial charge is 0.417 e. The Labute approximate surface area is 123 Å². The minimum atomic E-state index is -4.56. The van der Waals surface area contributed by atoms with Crippen molar-refractivity contribution in [3.05, 3.63) is 41.5 Å². The predicted molar refractivity (Wildman–Crippen MR) is 78.0 cm³/mol. The zero-order chi connectivity index (χ0) is 16.1. The number of aromatic nitrogens is 1. The Bertz CT molecular complexity index is 868. The number of nitrogen functional groups attached to an aromatic ring is 2. The van der Waals surface area contributed by atoms with E-state index in [4.69, 9.17) is 15.9 Å². The van der Waals surface area contributed by atoms with E-state index in [1.165, 1.54) is 12.1 Å². The van der Waals surface area contributed by atoms with Gasteiger partial charge < -0.3 is 15.9 Å². The number of benzene rings is 2. The number of fused-ring (bicyclic) bond motifs is 1. The summed E-state index contributed by atoms with van der Waals surface area (Å²) in [5.74, 6) is -0.115. The molecule has 0 aliphatic heterocycles. The van der Waals surface area contributed by atoms with Crippen LogP contribution in [0.15, 0.2) is 34.7 Å². The van der Waals surface area contributed by atoms with Gasteiger partial charge in [-0.25, -0.2) is 4.98 Å². The third-order valence-electron chi connectivity index (χ3n) is 3.28. The van der Waals surface area contributed by atoms with Crippen LogP contribution in [0, 0.1) is 6.92 Å². The highest BCUT2D eigenvalue weighted by Gasteiger charge is 2.35. The van der Waals surface area contributed by atoms with Gasteiger partial charge in [-0.15, -0.1) is 0 Å². The highest BCUT2D eigenvalue weighted by Crippen LogP contribution is 2.39. The fourth-order valence-electron chi connectivity index (χ4n) is 2.33. The van der Waals surface area contributed by atoms with Crippen molar-refractivity contribution in [2.75, 3.05) is 11.5 Å². The van der Waals surface area contributed by atoms with Crippen LogP contribution in [0.5, 0.6) is 0 Å². The SMILES string of the molecule is Cc1cc(N)cc2nc(-c3ccc(N)cc3C(F)(F)F)oc12. The summed E-state index contributed by atoms with van der Waals surface area (Å²) in [7, 11) is 0. The number of aryl methyl sites for hydroxylation is 1. The zero-order valence-corrected chi connectivity index (χ0v) is 11.5. The van der Waals surface area contributed by atoms with Crippen LogP contribution >= 0.6 is 0 Å². The van der Waals surface area contributed by atoms with Gasteiger partial charge in [-0.1, -0.05) is 0 Å². The number of halogens is 3. The van der Waals surface area contributed by atoms with Gasteiger partial charge in [0.05, 0.1) is 5.56 Å². The lowest BCUT2D eigenvalue weighted by atomic mass is 10.1. The van der Waals surface area contributed by atoms with Crippen LogP contribution in [0.2, 0.25) is 0 Å². The summed E-state index contributed by atoms with van der Waals surface area (Å²) in [5, 5.41) is 0. The van der Waals surface area contributed by atoms with Crippen LogP contribution < -0.4 is 11.5 Å². The zero-order valence-electron chi connectivity index (χ0n) is 11.5. The van der Waals surface area contributed by atoms with E-state index in [1.54, 1.807) is 19.1 Å². The Hall–Kier alpha value is -2.70. The van der Waals surface area contributed by atoms with E-state index in [-0.39, 0.29) is 17.1 Å². The molecule has 2 aromatic carbocycles. The fourth-order valence-corrected chi connectivity index (χ4v) is 2.33. The number of hydrogen-bond donors (Lipinski definition) is 2. The second-order valence-corrected chi connectivity index (χ2v) is 5.01. The Morgan fingerprint density at radius 3 is 2.45 bits per heavy atom. The Morgan fingerprint density at radius 2 is 1.77 bits per heavy atom. The number of anilines is 2. The molecule has 114 valence electrons. The number of rotatable bonds is 1. The molecule has 4 N–H and O–H groups in total. The van der Waals surface area contributed by atoms with E-state index in [2.05, 4.69) is 4.98 Å². The summed E-state index contributed by atoms with van der Waals surface area (Å²) < 4.78 is 45.0. The van der Waals surface area contributed by atoms with Crippen molar-refractivity contribution in [2.45, 2.75) is 13.1 Å². The van der Waals surface area contributed by atoms with Crippen LogP contribution in [0.1, 0.15) is 11.1 Å². The summed E-state index contributed by atoms with van der Waals surface area (Å²) >= 11 is 0. The van der Waals surface area contributed by atoms with Gasteiger partial charge in [0.2, 0.25) is 5.89 Å². The van der Waals surface area contributed by atoms with Gasteiger partial charge in [0.1, 0.15) is 5.52 Å². The topological polar surface area (TPSA) is 78.1 Å². The maximum atomic E-state index is 13.2. The molecule has 0 spiro atoms. The van der Waals surface area contributed by atoms with Gasteiger partial charge in [-0.05, 0) is 42.8 Å². The first-order valence-electron chi connectivity index (χ1n) is 6.39. The average molecular weight is 307 g/mol. The normalized spacial score (nSPS) is 12.0. The summed E-state index contributed by atoms with van der Waals surface area (Å²) in [6.07, 6.45) is -4.56. The molecule has 7 heteroatoms. The molecule has 0 amide bonds. The van der Waals surface area contributed by atoms with Gasteiger partial charge in [0, 0.05) is 16.9 Å². The van der Waals surface area contributed by atoms with Crippen LogP contribution in [-0.4, -0.2) is 4.98 Å². The van der Waals surface area contributed by atoms with Crippen LogP contribution in [0.4, 0.5) is 24.5 Å². The first kappa shape index (κ1) is 14.2. The standard InChI is InChI=1S/C15H12F3N3O/c1-7-4-9(20)6-12-13(7)22-14(21-12)10-3-2-8(19)5-11(10)15(16,17)18/h2-6H,19-20H2,1H3. The van der Waals surface area contributed by atoms with Crippen molar-refractivity contribution >= 4 is 22.5 Å². The third-order valence-corrected chi connectivity index (χ3v) is 3.28. The minimum absolute atomic E-state index is 0.0209. The molecule has 3 rings (SSSR count). The van der Waals surface area contributed by atoms with Crippen molar-refractivity contribution in [1.29, 1.82) is 0 Å². The molecule has 1 heterocycles.